The van der Waals surface area contributed by atoms with Gasteiger partial charge in [0.2, 0.25) is 5.43 Å². The Morgan fingerprint density at radius 2 is 1.89 bits per heavy atom. The van der Waals surface area contributed by atoms with Crippen LogP contribution in [0.5, 0.6) is 5.75 Å². The second kappa shape index (κ2) is 9.07. The van der Waals surface area contributed by atoms with Gasteiger partial charge in [-0.2, -0.15) is 0 Å². The van der Waals surface area contributed by atoms with E-state index >= 15 is 0 Å². The number of aromatic hydroxyl groups is 1. The molecule has 0 radical (unpaired) electrons. The molecule has 9 heteroatoms. The Morgan fingerprint density at radius 1 is 1.11 bits per heavy atom. The molecule has 2 aromatic carbocycles. The van der Waals surface area contributed by atoms with Gasteiger partial charge in [0.05, 0.1) is 24.8 Å². The van der Waals surface area contributed by atoms with Crippen LogP contribution in [0.3, 0.4) is 0 Å². The minimum absolute atomic E-state index is 0.0491. The fourth-order valence-electron chi connectivity index (χ4n) is 4.71. The van der Waals surface area contributed by atoms with Crippen molar-refractivity contribution < 1.29 is 28.2 Å². The fourth-order valence-corrected chi connectivity index (χ4v) is 4.71. The van der Waals surface area contributed by atoms with Crippen molar-refractivity contribution in [1.29, 1.82) is 0 Å². The van der Waals surface area contributed by atoms with E-state index in [9.17, 15) is 28.3 Å². The molecule has 2 aliphatic rings. The zero-order valence-electron chi connectivity index (χ0n) is 18.6. The first-order valence-corrected chi connectivity index (χ1v) is 11.2. The molecule has 1 amide bonds. The maximum Gasteiger partial charge on any atom is 0.276 e. The van der Waals surface area contributed by atoms with Crippen LogP contribution in [0.4, 0.5) is 8.78 Å². The Hall–Kier alpha value is -3.85. The Balaban J connectivity index is 1.39. The van der Waals surface area contributed by atoms with Crippen molar-refractivity contribution in [3.63, 3.8) is 0 Å². The molecule has 0 saturated carbocycles. The zero-order chi connectivity index (χ0) is 24.7. The Bertz CT molecular complexity index is 1370. The lowest BCUT2D eigenvalue weighted by atomic mass is 10.0. The number of aryl methyl sites for hydroxylation is 1. The van der Waals surface area contributed by atoms with Gasteiger partial charge in [-0.1, -0.05) is 36.4 Å². The van der Waals surface area contributed by atoms with Crippen LogP contribution in [0.2, 0.25) is 0 Å². The largest absolute Gasteiger partial charge is 0.503 e. The van der Waals surface area contributed by atoms with Gasteiger partial charge in [0.1, 0.15) is 11.6 Å². The first-order valence-electron chi connectivity index (χ1n) is 11.2. The first-order chi connectivity index (χ1) is 16.8. The first kappa shape index (κ1) is 22.9. The molecule has 35 heavy (non-hydrogen) atoms. The number of benzene rings is 2. The van der Waals surface area contributed by atoms with Crippen LogP contribution in [0, 0.1) is 11.6 Å². The number of pyridine rings is 1. The summed E-state index contributed by atoms with van der Waals surface area (Å²) in [5, 5.41) is 10.6. The van der Waals surface area contributed by atoms with Crippen molar-refractivity contribution in [3.8, 4) is 5.75 Å². The van der Waals surface area contributed by atoms with Crippen LogP contribution in [-0.4, -0.2) is 45.1 Å². The van der Waals surface area contributed by atoms with Gasteiger partial charge in [0.15, 0.2) is 23.5 Å². The lowest BCUT2D eigenvalue weighted by Crippen LogP contribution is -2.50. The number of fused-ring (bicyclic) bond motifs is 2. The quantitative estimate of drug-likeness (QED) is 0.548. The minimum atomic E-state index is -0.952. The van der Waals surface area contributed by atoms with E-state index in [-0.39, 0.29) is 42.2 Å². The van der Waals surface area contributed by atoms with E-state index < -0.39 is 40.7 Å². The second-order valence-corrected chi connectivity index (χ2v) is 8.72. The lowest BCUT2D eigenvalue weighted by molar-refractivity contribution is 0.00576. The average Bonchev–Trinajstić information content (AvgIpc) is 3.23. The van der Waals surface area contributed by atoms with E-state index in [1.807, 2.05) is 30.3 Å². The molecule has 1 fully saturated rings. The predicted molar refractivity (Wildman–Crippen MR) is 121 cm³/mol. The molecule has 3 heterocycles. The van der Waals surface area contributed by atoms with Gasteiger partial charge in [-0.15, -0.1) is 0 Å². The highest BCUT2D eigenvalue weighted by molar-refractivity contribution is 6.00. The summed E-state index contributed by atoms with van der Waals surface area (Å²) in [6, 6.07) is 12.4. The number of hydrogen-bond donors (Lipinski definition) is 1. The number of Topliss-reactive ketones (excluding diaryl/α,β-unsaturated/α-hetero) is 1. The van der Waals surface area contributed by atoms with Crippen molar-refractivity contribution in [1.82, 2.24) is 9.47 Å². The molecule has 3 aromatic rings. The number of carbonyl (C=O) groups excluding carboxylic acids is 2. The monoisotopic (exact) mass is 480 g/mol. The minimum Gasteiger partial charge on any atom is -0.503 e. The molecule has 1 N–H and O–H groups in total. The summed E-state index contributed by atoms with van der Waals surface area (Å²) < 4.78 is 34.2. The number of ether oxygens (including phenoxy) is 1. The van der Waals surface area contributed by atoms with Gasteiger partial charge >= 0.3 is 0 Å². The molecule has 1 aromatic heterocycles. The van der Waals surface area contributed by atoms with Crippen molar-refractivity contribution in [2.24, 2.45) is 0 Å². The number of halogens is 2. The lowest BCUT2D eigenvalue weighted by Gasteiger charge is -2.34. The Kier molecular flexibility index (Phi) is 5.94. The summed E-state index contributed by atoms with van der Waals surface area (Å²) >= 11 is 0. The van der Waals surface area contributed by atoms with Crippen molar-refractivity contribution in [2.45, 2.75) is 38.1 Å². The average molecular weight is 480 g/mol. The molecule has 1 saturated heterocycles. The number of hydrogen-bond acceptors (Lipinski definition) is 5. The normalized spacial score (nSPS) is 18.9. The van der Waals surface area contributed by atoms with E-state index in [0.717, 1.165) is 17.7 Å². The summed E-state index contributed by atoms with van der Waals surface area (Å²) in [4.78, 5) is 40.4. The fraction of sp³-hybridized carbons (Fsp3) is 0.269. The molecule has 5 rings (SSSR count). The molecule has 7 nitrogen and oxygen atoms in total. The third-order valence-corrected chi connectivity index (χ3v) is 6.48. The van der Waals surface area contributed by atoms with Crippen molar-refractivity contribution >= 4 is 11.7 Å². The highest BCUT2D eigenvalue weighted by Crippen LogP contribution is 2.31. The van der Waals surface area contributed by atoms with E-state index in [0.29, 0.717) is 13.0 Å². The van der Waals surface area contributed by atoms with Gasteiger partial charge < -0.3 is 19.3 Å². The molecular formula is C26H22F2N2O5. The molecule has 0 unspecified atom stereocenters. The summed E-state index contributed by atoms with van der Waals surface area (Å²) in [6.07, 6.45) is 0.943. The number of carbonyl (C=O) groups is 2. The summed E-state index contributed by atoms with van der Waals surface area (Å²) in [5.41, 5.74) is -0.269. The van der Waals surface area contributed by atoms with Gasteiger partial charge in [-0.25, -0.2) is 8.78 Å². The number of ketones is 1. The third-order valence-electron chi connectivity index (χ3n) is 6.48. The predicted octanol–water partition coefficient (Wildman–Crippen LogP) is 3.07. The maximum atomic E-state index is 13.9. The molecule has 2 atom stereocenters. The molecule has 0 spiro atoms. The highest BCUT2D eigenvalue weighted by atomic mass is 19.1. The summed E-state index contributed by atoms with van der Waals surface area (Å²) in [7, 11) is 0. The smallest absolute Gasteiger partial charge is 0.276 e. The van der Waals surface area contributed by atoms with Crippen LogP contribution in [0.25, 0.3) is 0 Å². The van der Waals surface area contributed by atoms with Crippen molar-refractivity contribution in [2.75, 3.05) is 6.61 Å². The van der Waals surface area contributed by atoms with Crippen LogP contribution < -0.4 is 5.43 Å². The number of amides is 1. The third kappa shape index (κ3) is 4.23. The van der Waals surface area contributed by atoms with Crippen LogP contribution in [-0.2, 0) is 24.1 Å². The van der Waals surface area contributed by atoms with E-state index in [1.54, 1.807) is 4.90 Å². The van der Waals surface area contributed by atoms with E-state index in [4.69, 9.17) is 4.74 Å². The van der Waals surface area contributed by atoms with Crippen molar-refractivity contribution in [3.05, 3.63) is 99.0 Å². The molecule has 180 valence electrons. The topological polar surface area (TPSA) is 88.8 Å². The summed E-state index contributed by atoms with van der Waals surface area (Å²) in [6.45, 7) is 0.451. The Labute approximate surface area is 199 Å². The van der Waals surface area contributed by atoms with Crippen LogP contribution >= 0.6 is 0 Å². The van der Waals surface area contributed by atoms with Gasteiger partial charge in [-0.3, -0.25) is 14.4 Å². The Morgan fingerprint density at radius 3 is 2.63 bits per heavy atom. The molecule has 0 bridgehead atoms. The molecular weight excluding hydrogens is 458 g/mol. The molecule has 0 aliphatic carbocycles. The number of rotatable bonds is 6. The van der Waals surface area contributed by atoms with E-state index in [1.165, 1.54) is 16.8 Å². The zero-order valence-corrected chi connectivity index (χ0v) is 18.6. The van der Waals surface area contributed by atoms with Gasteiger partial charge in [0.25, 0.3) is 5.91 Å². The second-order valence-electron chi connectivity index (χ2n) is 8.72. The number of nitrogens with zero attached hydrogens (tertiary/aromatic N) is 2. The standard InChI is InChI=1S/C26H22F2N2O5/c27-17-8-6-16(20(28)11-17)7-9-21(31)19-12-29-13-22-30(26(34)23(29)25(33)24(19)32)18(14-35-22)10-15-4-2-1-3-5-15/h1-6,8,11-12,18,22,33H,7,9-10,13-14H2/t18-,22+/m1/s1. The number of aromatic nitrogens is 1. The maximum absolute atomic E-state index is 13.9. The summed E-state index contributed by atoms with van der Waals surface area (Å²) in [5.74, 6) is -3.46. The molecule has 2 aliphatic heterocycles. The van der Waals surface area contributed by atoms with Gasteiger partial charge in [0, 0.05) is 18.7 Å². The SMILES string of the molecule is O=C(CCc1ccc(F)cc1F)c1cn2c(c(O)c1=O)C(=O)N1[C@H](Cc3ccccc3)CO[C@H]1C2. The van der Waals surface area contributed by atoms with Gasteiger partial charge in [-0.05, 0) is 30.0 Å². The highest BCUT2D eigenvalue weighted by Gasteiger charge is 2.44. The van der Waals surface area contributed by atoms with Crippen LogP contribution in [0.1, 0.15) is 38.4 Å². The van der Waals surface area contributed by atoms with E-state index in [2.05, 4.69) is 0 Å². The van der Waals surface area contributed by atoms with Crippen LogP contribution in [0.15, 0.2) is 59.5 Å².